The van der Waals surface area contributed by atoms with Gasteiger partial charge in [0.15, 0.2) is 0 Å². The molecule has 0 saturated carbocycles. The van der Waals surface area contributed by atoms with Crippen molar-refractivity contribution in [2.45, 2.75) is 59.0 Å². The third-order valence-electron chi connectivity index (χ3n) is 3.19. The summed E-state index contributed by atoms with van der Waals surface area (Å²) in [6.07, 6.45) is 3.98. The Morgan fingerprint density at radius 3 is 2.44 bits per heavy atom. The summed E-state index contributed by atoms with van der Waals surface area (Å²) >= 11 is 0. The van der Waals surface area contributed by atoms with Gasteiger partial charge in [-0.3, -0.25) is 5.43 Å². The summed E-state index contributed by atoms with van der Waals surface area (Å²) in [6, 6.07) is 1.32. The van der Waals surface area contributed by atoms with Crippen LogP contribution < -0.4 is 5.43 Å². The molecule has 0 aliphatic carbocycles. The highest BCUT2D eigenvalue weighted by Gasteiger charge is 2.23. The quantitative estimate of drug-likeness (QED) is 0.707. The Labute approximate surface area is 101 Å². The summed E-state index contributed by atoms with van der Waals surface area (Å²) in [5.41, 5.74) is 3.50. The van der Waals surface area contributed by atoms with Crippen LogP contribution in [0, 0.1) is 5.92 Å². The molecule has 16 heavy (non-hydrogen) atoms. The molecule has 0 spiro atoms. The number of hydrazine groups is 1. The molecule has 0 aromatic carbocycles. The summed E-state index contributed by atoms with van der Waals surface area (Å²) in [6.45, 7) is 11.6. The van der Waals surface area contributed by atoms with Gasteiger partial charge in [0.05, 0.1) is 6.61 Å². The molecule has 1 saturated heterocycles. The van der Waals surface area contributed by atoms with Crippen LogP contribution >= 0.6 is 0 Å². The van der Waals surface area contributed by atoms with E-state index in [1.165, 1.54) is 19.3 Å². The third-order valence-corrected chi connectivity index (χ3v) is 3.19. The van der Waals surface area contributed by atoms with Gasteiger partial charge in [0.2, 0.25) is 0 Å². The lowest BCUT2D eigenvalue weighted by molar-refractivity contribution is 0.0278. The molecule has 3 heteroatoms. The molecule has 1 aliphatic rings. The van der Waals surface area contributed by atoms with E-state index in [0.29, 0.717) is 18.0 Å². The van der Waals surface area contributed by atoms with Crippen LogP contribution in [0.1, 0.15) is 47.0 Å². The summed E-state index contributed by atoms with van der Waals surface area (Å²) in [5.74, 6) is 0.632. The van der Waals surface area contributed by atoms with Gasteiger partial charge in [0, 0.05) is 25.2 Å². The molecule has 2 unspecified atom stereocenters. The van der Waals surface area contributed by atoms with E-state index in [0.717, 1.165) is 19.8 Å². The summed E-state index contributed by atoms with van der Waals surface area (Å²) in [7, 11) is 0. The van der Waals surface area contributed by atoms with Gasteiger partial charge in [0.25, 0.3) is 0 Å². The van der Waals surface area contributed by atoms with Gasteiger partial charge in [-0.15, -0.1) is 0 Å². The van der Waals surface area contributed by atoms with Gasteiger partial charge >= 0.3 is 0 Å². The van der Waals surface area contributed by atoms with Crippen LogP contribution in [-0.4, -0.2) is 36.9 Å². The fraction of sp³-hybridized carbons (Fsp3) is 1.00. The molecule has 0 amide bonds. The van der Waals surface area contributed by atoms with E-state index >= 15 is 0 Å². The van der Waals surface area contributed by atoms with E-state index in [-0.39, 0.29) is 0 Å². The number of hydrogen-bond acceptors (Lipinski definition) is 3. The number of ether oxygens (including phenoxy) is 1. The SMILES string of the molecule is CC(C)COCCNN1C(C)CCCC1C. The smallest absolute Gasteiger partial charge is 0.0605 e. The maximum Gasteiger partial charge on any atom is 0.0605 e. The van der Waals surface area contributed by atoms with Crippen molar-refractivity contribution in [1.82, 2.24) is 10.4 Å². The Balaban J connectivity index is 2.10. The summed E-state index contributed by atoms with van der Waals surface area (Å²) in [5, 5.41) is 2.40. The van der Waals surface area contributed by atoms with E-state index < -0.39 is 0 Å². The highest BCUT2D eigenvalue weighted by Crippen LogP contribution is 2.19. The monoisotopic (exact) mass is 228 g/mol. The van der Waals surface area contributed by atoms with Crippen molar-refractivity contribution in [3.8, 4) is 0 Å². The number of rotatable bonds is 6. The van der Waals surface area contributed by atoms with Crippen molar-refractivity contribution in [3.63, 3.8) is 0 Å². The highest BCUT2D eigenvalue weighted by atomic mass is 16.5. The van der Waals surface area contributed by atoms with Crippen LogP contribution in [0.25, 0.3) is 0 Å². The maximum absolute atomic E-state index is 5.57. The molecular formula is C13H28N2O. The Morgan fingerprint density at radius 2 is 1.88 bits per heavy atom. The second-order valence-corrected chi connectivity index (χ2v) is 5.41. The van der Waals surface area contributed by atoms with Gasteiger partial charge in [-0.1, -0.05) is 20.3 Å². The van der Waals surface area contributed by atoms with Gasteiger partial charge < -0.3 is 4.74 Å². The minimum absolute atomic E-state index is 0.632. The second-order valence-electron chi connectivity index (χ2n) is 5.41. The van der Waals surface area contributed by atoms with Gasteiger partial charge in [-0.05, 0) is 32.6 Å². The van der Waals surface area contributed by atoms with Crippen molar-refractivity contribution in [1.29, 1.82) is 0 Å². The molecule has 0 radical (unpaired) electrons. The Bertz CT molecular complexity index is 175. The van der Waals surface area contributed by atoms with Crippen molar-refractivity contribution in [2.24, 2.45) is 5.92 Å². The average molecular weight is 228 g/mol. The van der Waals surface area contributed by atoms with Crippen molar-refractivity contribution < 1.29 is 4.74 Å². The predicted octanol–water partition coefficient (Wildman–Crippen LogP) is 2.43. The lowest BCUT2D eigenvalue weighted by atomic mass is 10.00. The lowest BCUT2D eigenvalue weighted by Gasteiger charge is -2.39. The zero-order chi connectivity index (χ0) is 12.0. The first-order valence-electron chi connectivity index (χ1n) is 6.71. The molecule has 1 aliphatic heterocycles. The first-order valence-corrected chi connectivity index (χ1v) is 6.71. The zero-order valence-electron chi connectivity index (χ0n) is 11.3. The van der Waals surface area contributed by atoms with Crippen molar-refractivity contribution in [3.05, 3.63) is 0 Å². The van der Waals surface area contributed by atoms with Gasteiger partial charge in [0.1, 0.15) is 0 Å². The molecule has 0 aromatic rings. The van der Waals surface area contributed by atoms with Crippen LogP contribution in [0.5, 0.6) is 0 Å². The topological polar surface area (TPSA) is 24.5 Å². The minimum atomic E-state index is 0.632. The van der Waals surface area contributed by atoms with Crippen LogP contribution in [0.15, 0.2) is 0 Å². The fourth-order valence-corrected chi connectivity index (χ4v) is 2.30. The van der Waals surface area contributed by atoms with Crippen molar-refractivity contribution in [2.75, 3.05) is 19.8 Å². The van der Waals surface area contributed by atoms with E-state index in [4.69, 9.17) is 4.74 Å². The van der Waals surface area contributed by atoms with E-state index in [1.807, 2.05) is 0 Å². The highest BCUT2D eigenvalue weighted by molar-refractivity contribution is 4.76. The fourth-order valence-electron chi connectivity index (χ4n) is 2.30. The number of piperidine rings is 1. The number of nitrogens with one attached hydrogen (secondary N) is 1. The predicted molar refractivity (Wildman–Crippen MR) is 68.3 cm³/mol. The molecule has 2 atom stereocenters. The summed E-state index contributed by atoms with van der Waals surface area (Å²) < 4.78 is 5.57. The molecular weight excluding hydrogens is 200 g/mol. The first kappa shape index (κ1) is 13.9. The Morgan fingerprint density at radius 1 is 1.25 bits per heavy atom. The molecule has 96 valence electrons. The average Bonchev–Trinajstić information content (AvgIpc) is 2.21. The molecule has 0 aromatic heterocycles. The maximum atomic E-state index is 5.57. The third kappa shape index (κ3) is 4.81. The minimum Gasteiger partial charge on any atom is -0.380 e. The van der Waals surface area contributed by atoms with Crippen LogP contribution in [0.4, 0.5) is 0 Å². The van der Waals surface area contributed by atoms with Crippen LogP contribution in [-0.2, 0) is 4.74 Å². The molecule has 3 nitrogen and oxygen atoms in total. The van der Waals surface area contributed by atoms with Crippen LogP contribution in [0.3, 0.4) is 0 Å². The Kier molecular flexibility index (Phi) is 6.32. The van der Waals surface area contributed by atoms with Crippen molar-refractivity contribution >= 4 is 0 Å². The molecule has 1 fully saturated rings. The van der Waals surface area contributed by atoms with E-state index in [2.05, 4.69) is 38.1 Å². The molecule has 1 N–H and O–H groups in total. The lowest BCUT2D eigenvalue weighted by Crippen LogP contribution is -2.52. The largest absolute Gasteiger partial charge is 0.380 e. The van der Waals surface area contributed by atoms with E-state index in [9.17, 15) is 0 Å². The van der Waals surface area contributed by atoms with Crippen LogP contribution in [0.2, 0.25) is 0 Å². The van der Waals surface area contributed by atoms with Gasteiger partial charge in [-0.25, -0.2) is 5.01 Å². The first-order chi connectivity index (χ1) is 7.61. The normalized spacial score (nSPS) is 27.6. The van der Waals surface area contributed by atoms with Gasteiger partial charge in [-0.2, -0.15) is 0 Å². The summed E-state index contributed by atoms with van der Waals surface area (Å²) in [4.78, 5) is 0. The second kappa shape index (κ2) is 7.25. The molecule has 1 rings (SSSR count). The molecule has 0 bridgehead atoms. The molecule has 1 heterocycles. The van der Waals surface area contributed by atoms with E-state index in [1.54, 1.807) is 0 Å². The number of nitrogens with zero attached hydrogens (tertiary/aromatic N) is 1. The standard InChI is InChI=1S/C13H28N2O/c1-11(2)10-16-9-8-14-15-12(3)6-5-7-13(15)4/h11-14H,5-10H2,1-4H3. The number of hydrogen-bond donors (Lipinski definition) is 1. The zero-order valence-corrected chi connectivity index (χ0v) is 11.3. The Hall–Kier alpha value is -0.120.